The van der Waals surface area contributed by atoms with Crippen LogP contribution in [0.3, 0.4) is 0 Å². The van der Waals surface area contributed by atoms with Crippen molar-refractivity contribution < 1.29 is 9.90 Å². The molecule has 0 saturated heterocycles. The second-order valence-corrected chi connectivity index (χ2v) is 6.06. The number of hydrogen-bond acceptors (Lipinski definition) is 3. The van der Waals surface area contributed by atoms with Gasteiger partial charge in [0, 0.05) is 10.6 Å². The minimum Gasteiger partial charge on any atom is -0.480 e. The molecule has 0 aliphatic heterocycles. The number of aryl methyl sites for hydroxylation is 1. The van der Waals surface area contributed by atoms with Gasteiger partial charge in [-0.05, 0) is 44.9 Å². The molecular weight excluding hydrogens is 258 g/mol. The topological polar surface area (TPSA) is 49.3 Å². The molecule has 0 spiro atoms. The maximum atomic E-state index is 11.4. The van der Waals surface area contributed by atoms with Crippen LogP contribution in [0.4, 0.5) is 0 Å². The van der Waals surface area contributed by atoms with Crippen LogP contribution in [0.15, 0.2) is 29.2 Å². The van der Waals surface area contributed by atoms with Crippen molar-refractivity contribution in [2.45, 2.75) is 44.0 Å². The molecule has 19 heavy (non-hydrogen) atoms. The third kappa shape index (κ3) is 4.88. The number of carboxylic acid groups (broad SMARTS) is 1. The molecule has 2 N–H and O–H groups in total. The lowest BCUT2D eigenvalue weighted by atomic mass is 9.99. The van der Waals surface area contributed by atoms with E-state index in [0.717, 1.165) is 18.7 Å². The largest absolute Gasteiger partial charge is 0.480 e. The number of nitrogens with one attached hydrogen (secondary N) is 1. The zero-order chi connectivity index (χ0) is 14.3. The van der Waals surface area contributed by atoms with E-state index >= 15 is 0 Å². The average Bonchev–Trinajstić information content (AvgIpc) is 2.38. The fraction of sp³-hybridized carbons (Fsp3) is 0.533. The van der Waals surface area contributed by atoms with E-state index in [4.69, 9.17) is 0 Å². The van der Waals surface area contributed by atoms with Crippen LogP contribution in [0.5, 0.6) is 0 Å². The maximum absolute atomic E-state index is 11.4. The van der Waals surface area contributed by atoms with E-state index in [2.05, 4.69) is 24.4 Å². The number of benzene rings is 1. The molecule has 1 rings (SSSR count). The number of carboxylic acids is 1. The van der Waals surface area contributed by atoms with Gasteiger partial charge in [0.15, 0.2) is 0 Å². The molecule has 1 aromatic carbocycles. The lowest BCUT2D eigenvalue weighted by Crippen LogP contribution is -2.50. The number of aliphatic carboxylic acids is 1. The average molecular weight is 281 g/mol. The highest BCUT2D eigenvalue weighted by Gasteiger charge is 2.31. The SMILES string of the molecule is CCCNC(C)(CCSc1ccccc1C)C(=O)O. The monoisotopic (exact) mass is 281 g/mol. The Kier molecular flexibility index (Phi) is 6.38. The Balaban J connectivity index is 2.53. The zero-order valence-electron chi connectivity index (χ0n) is 11.9. The molecule has 1 unspecified atom stereocenters. The van der Waals surface area contributed by atoms with Crippen LogP contribution in [-0.4, -0.2) is 28.9 Å². The van der Waals surface area contributed by atoms with E-state index in [1.54, 1.807) is 18.7 Å². The number of hydrogen-bond donors (Lipinski definition) is 2. The van der Waals surface area contributed by atoms with Crippen LogP contribution in [-0.2, 0) is 4.79 Å². The van der Waals surface area contributed by atoms with Crippen LogP contribution in [0.2, 0.25) is 0 Å². The molecule has 0 bridgehead atoms. The molecule has 0 aromatic heterocycles. The van der Waals surface area contributed by atoms with E-state index in [-0.39, 0.29) is 0 Å². The molecule has 106 valence electrons. The molecule has 0 aliphatic carbocycles. The Bertz CT molecular complexity index is 422. The first-order valence-corrected chi connectivity index (χ1v) is 7.65. The van der Waals surface area contributed by atoms with E-state index in [1.165, 1.54) is 10.5 Å². The lowest BCUT2D eigenvalue weighted by Gasteiger charge is -2.26. The first-order valence-electron chi connectivity index (χ1n) is 6.66. The van der Waals surface area contributed by atoms with Crippen molar-refractivity contribution in [1.82, 2.24) is 5.32 Å². The summed E-state index contributed by atoms with van der Waals surface area (Å²) in [5.74, 6) is 0.0241. The van der Waals surface area contributed by atoms with Crippen molar-refractivity contribution in [3.8, 4) is 0 Å². The molecular formula is C15H23NO2S. The van der Waals surface area contributed by atoms with Gasteiger partial charge in [0.2, 0.25) is 0 Å². The summed E-state index contributed by atoms with van der Waals surface area (Å²) in [5, 5.41) is 12.5. The summed E-state index contributed by atoms with van der Waals surface area (Å²) in [6.45, 7) is 6.62. The molecule has 0 fully saturated rings. The van der Waals surface area contributed by atoms with Gasteiger partial charge in [-0.2, -0.15) is 0 Å². The predicted octanol–water partition coefficient (Wildman–Crippen LogP) is 3.32. The number of thioether (sulfide) groups is 1. The molecule has 3 nitrogen and oxygen atoms in total. The van der Waals surface area contributed by atoms with Crippen molar-refractivity contribution in [1.29, 1.82) is 0 Å². The Labute approximate surface area is 119 Å². The third-order valence-corrected chi connectivity index (χ3v) is 4.37. The summed E-state index contributed by atoms with van der Waals surface area (Å²) in [7, 11) is 0. The summed E-state index contributed by atoms with van der Waals surface area (Å²) in [4.78, 5) is 12.6. The Morgan fingerprint density at radius 2 is 2.11 bits per heavy atom. The summed E-state index contributed by atoms with van der Waals surface area (Å²) in [6, 6.07) is 8.19. The predicted molar refractivity (Wildman–Crippen MR) is 80.9 cm³/mol. The maximum Gasteiger partial charge on any atom is 0.323 e. The van der Waals surface area contributed by atoms with Crippen molar-refractivity contribution in [2.24, 2.45) is 0 Å². The fourth-order valence-electron chi connectivity index (χ4n) is 1.76. The van der Waals surface area contributed by atoms with Crippen molar-refractivity contribution in [2.75, 3.05) is 12.3 Å². The van der Waals surface area contributed by atoms with Gasteiger partial charge in [0.1, 0.15) is 5.54 Å². The second kappa shape index (κ2) is 7.56. The number of rotatable bonds is 8. The smallest absolute Gasteiger partial charge is 0.323 e. The van der Waals surface area contributed by atoms with Gasteiger partial charge in [-0.15, -0.1) is 11.8 Å². The van der Waals surface area contributed by atoms with Gasteiger partial charge >= 0.3 is 5.97 Å². The normalized spacial score (nSPS) is 14.1. The van der Waals surface area contributed by atoms with E-state index in [9.17, 15) is 9.90 Å². The van der Waals surface area contributed by atoms with Crippen molar-refractivity contribution >= 4 is 17.7 Å². The Morgan fingerprint density at radius 3 is 2.68 bits per heavy atom. The van der Waals surface area contributed by atoms with Crippen LogP contribution in [0.25, 0.3) is 0 Å². The van der Waals surface area contributed by atoms with Gasteiger partial charge in [-0.1, -0.05) is 25.1 Å². The van der Waals surface area contributed by atoms with Crippen LogP contribution >= 0.6 is 11.8 Å². The zero-order valence-corrected chi connectivity index (χ0v) is 12.7. The molecule has 0 amide bonds. The Hall–Kier alpha value is -1.00. The van der Waals surface area contributed by atoms with Crippen LogP contribution in [0, 0.1) is 6.92 Å². The molecule has 0 radical (unpaired) electrons. The highest BCUT2D eigenvalue weighted by atomic mass is 32.2. The number of carbonyl (C=O) groups is 1. The molecule has 1 aromatic rings. The van der Waals surface area contributed by atoms with Crippen LogP contribution in [0.1, 0.15) is 32.3 Å². The first-order chi connectivity index (χ1) is 8.99. The minimum absolute atomic E-state index is 0.612. The fourth-order valence-corrected chi connectivity index (χ4v) is 2.96. The molecule has 4 heteroatoms. The lowest BCUT2D eigenvalue weighted by molar-refractivity contribution is -0.144. The molecule has 0 heterocycles. The van der Waals surface area contributed by atoms with Gasteiger partial charge in [0.05, 0.1) is 0 Å². The van der Waals surface area contributed by atoms with Gasteiger partial charge in [-0.3, -0.25) is 4.79 Å². The molecule has 0 aliphatic rings. The highest BCUT2D eigenvalue weighted by molar-refractivity contribution is 7.99. The first kappa shape index (κ1) is 16.1. The van der Waals surface area contributed by atoms with E-state index in [0.29, 0.717) is 6.42 Å². The second-order valence-electron chi connectivity index (χ2n) is 4.93. The van der Waals surface area contributed by atoms with Crippen molar-refractivity contribution in [3.05, 3.63) is 29.8 Å². The Morgan fingerprint density at radius 1 is 1.42 bits per heavy atom. The quantitative estimate of drug-likeness (QED) is 0.718. The van der Waals surface area contributed by atoms with Crippen LogP contribution < -0.4 is 5.32 Å². The minimum atomic E-state index is -0.828. The summed E-state index contributed by atoms with van der Waals surface area (Å²) in [5.41, 5.74) is 0.414. The van der Waals surface area contributed by atoms with E-state index in [1.807, 2.05) is 19.1 Å². The summed E-state index contributed by atoms with van der Waals surface area (Å²) in [6.07, 6.45) is 1.55. The summed E-state index contributed by atoms with van der Waals surface area (Å²) >= 11 is 1.72. The van der Waals surface area contributed by atoms with Gasteiger partial charge in [0.25, 0.3) is 0 Å². The third-order valence-electron chi connectivity index (χ3n) is 3.19. The molecule has 1 atom stereocenters. The molecule has 0 saturated carbocycles. The van der Waals surface area contributed by atoms with Gasteiger partial charge in [-0.25, -0.2) is 0 Å². The standard InChI is InChI=1S/C15H23NO2S/c1-4-10-16-15(3,14(17)18)9-11-19-13-8-6-5-7-12(13)2/h5-8,16H,4,9-11H2,1-3H3,(H,17,18). The van der Waals surface area contributed by atoms with Gasteiger partial charge < -0.3 is 10.4 Å². The van der Waals surface area contributed by atoms with E-state index < -0.39 is 11.5 Å². The summed E-state index contributed by atoms with van der Waals surface area (Å²) < 4.78 is 0. The highest BCUT2D eigenvalue weighted by Crippen LogP contribution is 2.25. The van der Waals surface area contributed by atoms with Crippen molar-refractivity contribution in [3.63, 3.8) is 0 Å².